The van der Waals surface area contributed by atoms with Crippen molar-refractivity contribution >= 4 is 5.97 Å². The molecule has 0 amide bonds. The fourth-order valence-corrected chi connectivity index (χ4v) is 3.94. The van der Waals surface area contributed by atoms with E-state index in [0.29, 0.717) is 38.8 Å². The van der Waals surface area contributed by atoms with Gasteiger partial charge in [-0.1, -0.05) is 104 Å². The molecule has 0 spiro atoms. The van der Waals surface area contributed by atoms with Crippen LogP contribution in [0.1, 0.15) is 136 Å². The quantitative estimate of drug-likeness (QED) is 0.0970. The minimum Gasteiger partial charge on any atom is -0.465 e. The van der Waals surface area contributed by atoms with Gasteiger partial charge in [0.15, 0.2) is 0 Å². The molecule has 0 bridgehead atoms. The van der Waals surface area contributed by atoms with Crippen LogP contribution in [0.4, 0.5) is 0 Å². The van der Waals surface area contributed by atoms with Crippen LogP contribution in [-0.4, -0.2) is 39.0 Å². The lowest BCUT2D eigenvalue weighted by molar-refractivity contribution is -0.145. The monoisotopic (exact) mass is 456 g/mol. The van der Waals surface area contributed by atoms with Crippen molar-refractivity contribution in [1.29, 1.82) is 0 Å². The molecule has 0 saturated heterocycles. The Hall–Kier alpha value is -0.610. The molecule has 0 aliphatic carbocycles. The van der Waals surface area contributed by atoms with E-state index in [9.17, 15) is 4.79 Å². The number of esters is 1. The summed E-state index contributed by atoms with van der Waals surface area (Å²) in [6, 6.07) is 0. The first-order valence-corrected chi connectivity index (χ1v) is 14.1. The highest BCUT2D eigenvalue weighted by Crippen LogP contribution is 2.19. The summed E-state index contributed by atoms with van der Waals surface area (Å²) in [4.78, 5) is 12.1. The summed E-state index contributed by atoms with van der Waals surface area (Å²) in [6.07, 6.45) is 21.6. The highest BCUT2D eigenvalue weighted by molar-refractivity contribution is 5.69. The lowest BCUT2D eigenvalue weighted by Gasteiger charge is -2.17. The molecule has 0 aromatic carbocycles. The standard InChI is InChI=1S/C28H56O4/c1-4-7-10-13-14-16-20-27(19-15-11-8-5-2)26-32-28(29)21-18-23-31-25-24-30-22-17-12-9-6-3/h27H,4-26H2,1-3H3. The summed E-state index contributed by atoms with van der Waals surface area (Å²) in [7, 11) is 0. The zero-order valence-electron chi connectivity index (χ0n) is 22.0. The fraction of sp³-hybridized carbons (Fsp3) is 0.964. The molecule has 1 atom stereocenters. The lowest BCUT2D eigenvalue weighted by atomic mass is 9.95. The highest BCUT2D eigenvalue weighted by atomic mass is 16.5. The average molecular weight is 457 g/mol. The van der Waals surface area contributed by atoms with E-state index in [1.807, 2.05) is 0 Å². The van der Waals surface area contributed by atoms with Crippen LogP contribution >= 0.6 is 0 Å². The second kappa shape index (κ2) is 26.6. The van der Waals surface area contributed by atoms with Crippen molar-refractivity contribution in [3.8, 4) is 0 Å². The molecule has 0 aromatic heterocycles. The Balaban J connectivity index is 3.77. The molecule has 32 heavy (non-hydrogen) atoms. The van der Waals surface area contributed by atoms with Crippen molar-refractivity contribution in [3.05, 3.63) is 0 Å². The van der Waals surface area contributed by atoms with Gasteiger partial charge in [-0.05, 0) is 31.6 Å². The number of unbranched alkanes of at least 4 members (excludes halogenated alkanes) is 11. The van der Waals surface area contributed by atoms with E-state index in [4.69, 9.17) is 14.2 Å². The number of rotatable bonds is 26. The predicted molar refractivity (Wildman–Crippen MR) is 136 cm³/mol. The molecule has 0 aromatic rings. The molecule has 0 heterocycles. The SMILES string of the molecule is CCCCCCCCC(CCCCCC)COC(=O)CCCOCCOCCCCCC. The normalized spacial score (nSPS) is 12.2. The molecular weight excluding hydrogens is 400 g/mol. The van der Waals surface area contributed by atoms with Crippen molar-refractivity contribution in [1.82, 2.24) is 0 Å². The molecule has 192 valence electrons. The van der Waals surface area contributed by atoms with Crippen molar-refractivity contribution in [2.45, 2.75) is 136 Å². The van der Waals surface area contributed by atoms with Gasteiger partial charge in [-0.2, -0.15) is 0 Å². The van der Waals surface area contributed by atoms with Crippen LogP contribution in [0.3, 0.4) is 0 Å². The van der Waals surface area contributed by atoms with Gasteiger partial charge >= 0.3 is 5.97 Å². The second-order valence-corrected chi connectivity index (χ2v) is 9.34. The maximum absolute atomic E-state index is 12.1. The third kappa shape index (κ3) is 24.0. The van der Waals surface area contributed by atoms with Gasteiger partial charge in [-0.3, -0.25) is 4.79 Å². The van der Waals surface area contributed by atoms with Gasteiger partial charge in [0, 0.05) is 19.6 Å². The Morgan fingerprint density at radius 2 is 1.03 bits per heavy atom. The third-order valence-corrected chi connectivity index (χ3v) is 6.10. The first kappa shape index (κ1) is 31.4. The van der Waals surface area contributed by atoms with E-state index in [2.05, 4.69) is 20.8 Å². The summed E-state index contributed by atoms with van der Waals surface area (Å²) in [5.41, 5.74) is 0. The van der Waals surface area contributed by atoms with Gasteiger partial charge in [0.1, 0.15) is 0 Å². The Morgan fingerprint density at radius 1 is 0.562 bits per heavy atom. The molecule has 4 heteroatoms. The van der Waals surface area contributed by atoms with Gasteiger partial charge in [-0.25, -0.2) is 0 Å². The van der Waals surface area contributed by atoms with Crippen LogP contribution in [0.2, 0.25) is 0 Å². The summed E-state index contributed by atoms with van der Waals surface area (Å²) in [5, 5.41) is 0. The van der Waals surface area contributed by atoms with Crippen molar-refractivity contribution in [2.75, 3.05) is 33.0 Å². The summed E-state index contributed by atoms with van der Waals surface area (Å²) >= 11 is 0. The first-order chi connectivity index (χ1) is 15.7. The summed E-state index contributed by atoms with van der Waals surface area (Å²) in [6.45, 7) is 10.0. The van der Waals surface area contributed by atoms with Gasteiger partial charge in [0.25, 0.3) is 0 Å². The van der Waals surface area contributed by atoms with E-state index >= 15 is 0 Å². The number of carbonyl (C=O) groups is 1. The largest absolute Gasteiger partial charge is 0.465 e. The van der Waals surface area contributed by atoms with Crippen LogP contribution in [0.5, 0.6) is 0 Å². The van der Waals surface area contributed by atoms with Gasteiger partial charge in [0.05, 0.1) is 19.8 Å². The van der Waals surface area contributed by atoms with Crippen molar-refractivity contribution in [2.24, 2.45) is 5.92 Å². The van der Waals surface area contributed by atoms with Gasteiger partial charge < -0.3 is 14.2 Å². The van der Waals surface area contributed by atoms with Crippen LogP contribution in [0.15, 0.2) is 0 Å². The lowest BCUT2D eigenvalue weighted by Crippen LogP contribution is -2.15. The second-order valence-electron chi connectivity index (χ2n) is 9.34. The molecule has 0 fully saturated rings. The molecular formula is C28H56O4. The van der Waals surface area contributed by atoms with Crippen molar-refractivity contribution < 1.29 is 19.0 Å². The molecule has 0 aliphatic rings. The van der Waals surface area contributed by atoms with Crippen LogP contribution in [0, 0.1) is 5.92 Å². The minimum absolute atomic E-state index is 0.0673. The summed E-state index contributed by atoms with van der Waals surface area (Å²) in [5.74, 6) is 0.468. The van der Waals surface area contributed by atoms with Crippen LogP contribution < -0.4 is 0 Å². The first-order valence-electron chi connectivity index (χ1n) is 14.1. The molecule has 0 aliphatic heterocycles. The predicted octanol–water partition coefficient (Wildman–Crippen LogP) is 8.26. The van der Waals surface area contributed by atoms with Gasteiger partial charge in [-0.15, -0.1) is 0 Å². The molecule has 1 unspecified atom stereocenters. The molecule has 0 N–H and O–H groups in total. The number of ether oxygens (including phenoxy) is 3. The maximum atomic E-state index is 12.1. The molecule has 0 rings (SSSR count). The average Bonchev–Trinajstić information content (AvgIpc) is 2.80. The topological polar surface area (TPSA) is 44.8 Å². The van der Waals surface area contributed by atoms with Crippen LogP contribution in [-0.2, 0) is 19.0 Å². The van der Waals surface area contributed by atoms with E-state index < -0.39 is 0 Å². The maximum Gasteiger partial charge on any atom is 0.305 e. The van der Waals surface area contributed by atoms with E-state index in [0.717, 1.165) is 19.4 Å². The fourth-order valence-electron chi connectivity index (χ4n) is 3.94. The zero-order chi connectivity index (χ0) is 23.5. The van der Waals surface area contributed by atoms with Crippen molar-refractivity contribution in [3.63, 3.8) is 0 Å². The summed E-state index contributed by atoms with van der Waals surface area (Å²) < 4.78 is 16.8. The van der Waals surface area contributed by atoms with E-state index in [1.165, 1.54) is 96.3 Å². The minimum atomic E-state index is -0.0673. The van der Waals surface area contributed by atoms with E-state index in [-0.39, 0.29) is 5.97 Å². The third-order valence-electron chi connectivity index (χ3n) is 6.10. The zero-order valence-corrected chi connectivity index (χ0v) is 22.0. The Labute approximate surface area is 200 Å². The Kier molecular flexibility index (Phi) is 26.1. The Bertz CT molecular complexity index is 372. The van der Waals surface area contributed by atoms with Crippen LogP contribution in [0.25, 0.3) is 0 Å². The molecule has 0 radical (unpaired) electrons. The molecule has 4 nitrogen and oxygen atoms in total. The Morgan fingerprint density at radius 3 is 1.62 bits per heavy atom. The van der Waals surface area contributed by atoms with E-state index in [1.54, 1.807) is 0 Å². The number of hydrogen-bond acceptors (Lipinski definition) is 4. The number of hydrogen-bond donors (Lipinski definition) is 0. The highest BCUT2D eigenvalue weighted by Gasteiger charge is 2.12. The number of carbonyl (C=O) groups excluding carboxylic acids is 1. The smallest absolute Gasteiger partial charge is 0.305 e. The van der Waals surface area contributed by atoms with Gasteiger partial charge in [0.2, 0.25) is 0 Å². The molecule has 0 saturated carbocycles.